The summed E-state index contributed by atoms with van der Waals surface area (Å²) in [6.07, 6.45) is -0.905. The van der Waals surface area contributed by atoms with Gasteiger partial charge in [-0.2, -0.15) is 0 Å². The smallest absolute Gasteiger partial charge is 0.483 e. The van der Waals surface area contributed by atoms with Gasteiger partial charge in [0.25, 0.3) is 0 Å². The minimum absolute atomic E-state index is 0.0338. The highest BCUT2D eigenvalue weighted by Crippen LogP contribution is 2.31. The van der Waals surface area contributed by atoms with Crippen LogP contribution in [0.1, 0.15) is 5.01 Å². The van der Waals surface area contributed by atoms with Crippen LogP contribution >= 0.6 is 11.3 Å². The van der Waals surface area contributed by atoms with Crippen LogP contribution in [0.5, 0.6) is 11.5 Å². The molecule has 33 heavy (non-hydrogen) atoms. The first-order valence-corrected chi connectivity index (χ1v) is 11.3. The van der Waals surface area contributed by atoms with E-state index >= 15 is 0 Å². The van der Waals surface area contributed by atoms with Gasteiger partial charge in [0.1, 0.15) is 24.3 Å². The number of aromatic nitrogens is 3. The Morgan fingerprint density at radius 1 is 1.06 bits per heavy atom. The van der Waals surface area contributed by atoms with Gasteiger partial charge in [0, 0.05) is 12.3 Å². The third kappa shape index (κ3) is 5.23. The van der Waals surface area contributed by atoms with Crippen LogP contribution in [0.15, 0.2) is 69.3 Å². The molecule has 2 N–H and O–H groups in total. The predicted octanol–water partition coefficient (Wildman–Crippen LogP) is 4.09. The number of nitrogen functional groups attached to an aromatic ring is 1. The Morgan fingerprint density at radius 2 is 1.82 bits per heavy atom. The number of alkyl halides is 3. The molecule has 4 aromatic rings. The zero-order chi connectivity index (χ0) is 23.6. The topological polar surface area (TPSA) is 130 Å². The van der Waals surface area contributed by atoms with Gasteiger partial charge in [-0.05, 0) is 30.3 Å². The fourth-order valence-corrected chi connectivity index (χ4v) is 4.64. The van der Waals surface area contributed by atoms with Crippen molar-refractivity contribution in [2.75, 3.05) is 5.73 Å². The third-order valence-electron chi connectivity index (χ3n) is 4.10. The van der Waals surface area contributed by atoms with E-state index in [2.05, 4.69) is 19.9 Å². The maximum absolute atomic E-state index is 12.8. The predicted molar refractivity (Wildman–Crippen MR) is 109 cm³/mol. The standard InChI is InChI=1S/C19H13F3N4O5S2/c20-19(21,22)31-11-1-3-13(4-2-11)33(27,28)14-7-15(23)17(24-8-14)18-26-25-16(32-18)10-30-12-5-6-29-9-12/h1-9H,10,23H2. The molecular weight excluding hydrogens is 485 g/mol. The van der Waals surface area contributed by atoms with Gasteiger partial charge in [-0.3, -0.25) is 4.98 Å². The summed E-state index contributed by atoms with van der Waals surface area (Å²) in [7, 11) is -4.09. The quantitative estimate of drug-likeness (QED) is 0.400. The lowest BCUT2D eigenvalue weighted by atomic mass is 10.3. The largest absolute Gasteiger partial charge is 0.573 e. The van der Waals surface area contributed by atoms with E-state index in [-0.39, 0.29) is 27.8 Å². The first-order chi connectivity index (χ1) is 15.6. The Kier molecular flexibility index (Phi) is 5.95. The average molecular weight is 498 g/mol. The molecule has 0 bridgehead atoms. The average Bonchev–Trinajstić information content (AvgIpc) is 3.43. The molecule has 14 heteroatoms. The van der Waals surface area contributed by atoms with Crippen molar-refractivity contribution in [1.82, 2.24) is 15.2 Å². The molecule has 0 aliphatic carbocycles. The van der Waals surface area contributed by atoms with Gasteiger partial charge in [0.05, 0.1) is 21.7 Å². The summed E-state index contributed by atoms with van der Waals surface area (Å²) >= 11 is 1.16. The van der Waals surface area contributed by atoms with Crippen LogP contribution in [0.25, 0.3) is 10.7 Å². The molecule has 9 nitrogen and oxygen atoms in total. The van der Waals surface area contributed by atoms with Crippen LogP contribution in [-0.4, -0.2) is 30.0 Å². The Morgan fingerprint density at radius 3 is 2.45 bits per heavy atom. The fraction of sp³-hybridized carbons (Fsp3) is 0.105. The van der Waals surface area contributed by atoms with Crippen LogP contribution in [0.2, 0.25) is 0 Å². The number of furan rings is 1. The molecule has 1 aromatic carbocycles. The maximum Gasteiger partial charge on any atom is 0.573 e. The summed E-state index contributed by atoms with van der Waals surface area (Å²) in [6.45, 7) is 0.137. The number of nitrogens with two attached hydrogens (primary N) is 1. The van der Waals surface area contributed by atoms with Crippen LogP contribution in [0.3, 0.4) is 0 Å². The summed E-state index contributed by atoms with van der Waals surface area (Å²) in [5, 5.41) is 8.89. The third-order valence-corrected chi connectivity index (χ3v) is 6.74. The van der Waals surface area contributed by atoms with Gasteiger partial charge >= 0.3 is 6.36 Å². The highest BCUT2D eigenvalue weighted by Gasteiger charge is 2.31. The molecule has 172 valence electrons. The lowest BCUT2D eigenvalue weighted by Gasteiger charge is -2.10. The second kappa shape index (κ2) is 8.71. The molecule has 0 amide bonds. The zero-order valence-electron chi connectivity index (χ0n) is 16.3. The monoisotopic (exact) mass is 498 g/mol. The van der Waals surface area contributed by atoms with Gasteiger partial charge in [-0.15, -0.1) is 23.4 Å². The number of anilines is 1. The first-order valence-electron chi connectivity index (χ1n) is 8.96. The van der Waals surface area contributed by atoms with E-state index in [4.69, 9.17) is 14.9 Å². The van der Waals surface area contributed by atoms with E-state index in [1.54, 1.807) is 6.07 Å². The summed E-state index contributed by atoms with van der Waals surface area (Å²) < 4.78 is 76.6. The molecule has 4 rings (SSSR count). The molecule has 0 fully saturated rings. The molecular formula is C19H13F3N4O5S2. The van der Waals surface area contributed by atoms with Crippen molar-refractivity contribution in [3.63, 3.8) is 0 Å². The number of sulfone groups is 1. The zero-order valence-corrected chi connectivity index (χ0v) is 17.9. The Hall–Kier alpha value is -3.65. The summed E-state index contributed by atoms with van der Waals surface area (Å²) in [5.41, 5.74) is 6.27. The number of ether oxygens (including phenoxy) is 2. The van der Waals surface area contributed by atoms with Gasteiger partial charge in [0.15, 0.2) is 15.8 Å². The summed E-state index contributed by atoms with van der Waals surface area (Å²) in [5.74, 6) is -0.0183. The number of nitrogens with zero attached hydrogens (tertiary/aromatic N) is 3. The lowest BCUT2D eigenvalue weighted by Crippen LogP contribution is -2.17. The maximum atomic E-state index is 12.8. The van der Waals surface area contributed by atoms with Crippen molar-refractivity contribution >= 4 is 26.9 Å². The fourth-order valence-electron chi connectivity index (χ4n) is 2.63. The SMILES string of the molecule is Nc1cc(S(=O)(=O)c2ccc(OC(F)(F)F)cc2)cnc1-c1nnc(COc2ccoc2)s1. The van der Waals surface area contributed by atoms with E-state index in [0.717, 1.165) is 41.8 Å². The highest BCUT2D eigenvalue weighted by atomic mass is 32.2. The number of hydrogen-bond acceptors (Lipinski definition) is 10. The summed E-state index contributed by atoms with van der Waals surface area (Å²) in [6, 6.07) is 6.63. The molecule has 3 aromatic heterocycles. The molecule has 0 saturated heterocycles. The van der Waals surface area contributed by atoms with Crippen molar-refractivity contribution in [2.45, 2.75) is 22.8 Å². The van der Waals surface area contributed by atoms with Crippen molar-refractivity contribution in [3.05, 3.63) is 60.1 Å². The lowest BCUT2D eigenvalue weighted by molar-refractivity contribution is -0.274. The van der Waals surface area contributed by atoms with Crippen molar-refractivity contribution in [2.24, 2.45) is 0 Å². The number of hydrogen-bond donors (Lipinski definition) is 1. The molecule has 0 atom stereocenters. The second-order valence-electron chi connectivity index (χ2n) is 6.38. The van der Waals surface area contributed by atoms with E-state index in [9.17, 15) is 21.6 Å². The van der Waals surface area contributed by atoms with E-state index in [1.165, 1.54) is 18.6 Å². The molecule has 0 saturated carbocycles. The number of halogens is 3. The molecule has 0 spiro atoms. The second-order valence-corrected chi connectivity index (χ2v) is 9.39. The van der Waals surface area contributed by atoms with Gasteiger partial charge < -0.3 is 19.6 Å². The first kappa shape index (κ1) is 22.5. The molecule has 0 aliphatic rings. The molecule has 0 aliphatic heterocycles. The van der Waals surface area contributed by atoms with Crippen LogP contribution < -0.4 is 15.2 Å². The van der Waals surface area contributed by atoms with E-state index < -0.39 is 21.9 Å². The molecule has 0 radical (unpaired) electrons. The highest BCUT2D eigenvalue weighted by molar-refractivity contribution is 7.91. The number of pyridine rings is 1. The van der Waals surface area contributed by atoms with Gasteiger partial charge in [-0.1, -0.05) is 11.3 Å². The normalized spacial score (nSPS) is 12.0. The number of rotatable bonds is 7. The molecule has 0 unspecified atom stereocenters. The van der Waals surface area contributed by atoms with Crippen LogP contribution in [0, 0.1) is 0 Å². The van der Waals surface area contributed by atoms with Crippen molar-refractivity contribution in [1.29, 1.82) is 0 Å². The Balaban J connectivity index is 1.52. The van der Waals surface area contributed by atoms with Gasteiger partial charge in [0.2, 0.25) is 9.84 Å². The van der Waals surface area contributed by atoms with Gasteiger partial charge in [-0.25, -0.2) is 8.42 Å². The Labute approximate surface area is 188 Å². The minimum atomic E-state index is -4.88. The van der Waals surface area contributed by atoms with E-state index in [1.807, 2.05) is 0 Å². The Bertz CT molecular complexity index is 1360. The minimum Gasteiger partial charge on any atom is -0.483 e. The van der Waals surface area contributed by atoms with Crippen LogP contribution in [0.4, 0.5) is 18.9 Å². The van der Waals surface area contributed by atoms with Crippen molar-refractivity contribution in [3.8, 4) is 22.2 Å². The van der Waals surface area contributed by atoms with Crippen LogP contribution in [-0.2, 0) is 16.4 Å². The molecule has 3 heterocycles. The van der Waals surface area contributed by atoms with Crippen molar-refractivity contribution < 1.29 is 35.5 Å². The van der Waals surface area contributed by atoms with E-state index in [0.29, 0.717) is 15.8 Å². The number of benzene rings is 1. The summed E-state index contributed by atoms with van der Waals surface area (Å²) in [4.78, 5) is 3.62.